The van der Waals surface area contributed by atoms with Crippen LogP contribution in [0.15, 0.2) is 113 Å². The van der Waals surface area contributed by atoms with Crippen LogP contribution >= 0.6 is 11.6 Å². The van der Waals surface area contributed by atoms with Gasteiger partial charge in [0.25, 0.3) is 5.91 Å². The summed E-state index contributed by atoms with van der Waals surface area (Å²) in [6.45, 7) is 7.74. The van der Waals surface area contributed by atoms with Gasteiger partial charge in [-0.1, -0.05) is 86.4 Å². The first-order chi connectivity index (χ1) is 46.0. The molecule has 7 rings (SSSR count). The van der Waals surface area contributed by atoms with Gasteiger partial charge in [0.2, 0.25) is 47.2 Å². The fourth-order valence-electron chi connectivity index (χ4n) is 10.2. The molecule has 6 aromatic rings. The number of aliphatic hydroxyl groups is 1. The van der Waals surface area contributed by atoms with Crippen molar-refractivity contribution in [2.75, 3.05) is 39.2 Å². The van der Waals surface area contributed by atoms with Crippen LogP contribution in [0.25, 0.3) is 10.9 Å². The van der Waals surface area contributed by atoms with Crippen molar-refractivity contribution in [2.45, 2.75) is 134 Å². The number of aliphatic hydroxyl groups excluding tert-OH is 1. The second-order valence-electron chi connectivity index (χ2n) is 23.2. The van der Waals surface area contributed by atoms with Gasteiger partial charge in [0, 0.05) is 65.1 Å². The molecule has 514 valence electrons. The number of nitrogens with one attached hydrogen (secondary N) is 9. The third-order valence-corrected chi connectivity index (χ3v) is 16.8. The first-order valence-electron chi connectivity index (χ1n) is 31.3. The lowest BCUT2D eigenvalue weighted by atomic mass is 10.00. The monoisotopic (exact) mass is 1360 g/mol. The molecular weight excluding hydrogens is 1280 g/mol. The van der Waals surface area contributed by atoms with Gasteiger partial charge < -0.3 is 82.4 Å². The van der Waals surface area contributed by atoms with Crippen molar-refractivity contribution in [3.63, 3.8) is 0 Å². The number of hydrogen-bond acceptors (Lipinski definition) is 19. The second-order valence-corrected chi connectivity index (χ2v) is 25.0. The van der Waals surface area contributed by atoms with Crippen LogP contribution < -0.4 is 73.5 Å². The van der Waals surface area contributed by atoms with Crippen LogP contribution in [-0.4, -0.2) is 154 Å². The van der Waals surface area contributed by atoms with Crippen LogP contribution in [0.5, 0.6) is 23.0 Å². The number of aromatic nitrogens is 2. The maximum Gasteiger partial charge on any atom is 0.323 e. The van der Waals surface area contributed by atoms with Crippen LogP contribution in [-0.2, 0) is 56.9 Å². The van der Waals surface area contributed by atoms with Gasteiger partial charge in [0.15, 0.2) is 11.5 Å². The number of fused-ring (bicyclic) bond motifs is 1. The highest BCUT2D eigenvalue weighted by atomic mass is 35.5. The van der Waals surface area contributed by atoms with Crippen molar-refractivity contribution in [3.8, 4) is 23.0 Å². The fraction of sp³-hybridized carbons (Fsp3) is 0.409. The molecule has 1 fully saturated rings. The summed E-state index contributed by atoms with van der Waals surface area (Å²) in [5, 5.41) is 39.9. The number of ether oxygens (including phenoxy) is 3. The zero-order chi connectivity index (χ0) is 69.6. The number of pyridine rings is 1. The molecule has 28 nitrogen and oxygen atoms in total. The smallest absolute Gasteiger partial charge is 0.323 e. The summed E-state index contributed by atoms with van der Waals surface area (Å²) in [6.07, 6.45) is 0.00276. The maximum absolute atomic E-state index is 14.6. The second kappa shape index (κ2) is 35.9. The molecule has 0 aliphatic carbocycles. The Morgan fingerprint density at radius 3 is 1.95 bits per heavy atom. The molecule has 8 amide bonds. The highest BCUT2D eigenvalue weighted by Gasteiger charge is 2.36. The highest BCUT2D eigenvalue weighted by molar-refractivity contribution is 8.06. The predicted molar refractivity (Wildman–Crippen MR) is 361 cm³/mol. The summed E-state index contributed by atoms with van der Waals surface area (Å²) in [5.41, 5.74) is 13.9. The predicted octanol–water partition coefficient (Wildman–Crippen LogP) is 3.74. The Morgan fingerprint density at radius 1 is 0.740 bits per heavy atom. The third kappa shape index (κ3) is 21.1. The van der Waals surface area contributed by atoms with E-state index in [1.807, 2.05) is 13.8 Å². The van der Waals surface area contributed by atoms with Crippen molar-refractivity contribution < 1.29 is 66.7 Å². The number of carbonyl (C=O) groups excluding carboxylic acids is 8. The van der Waals surface area contributed by atoms with Crippen molar-refractivity contribution in [1.82, 2.24) is 52.7 Å². The summed E-state index contributed by atoms with van der Waals surface area (Å²) < 4.78 is 36.8. The first kappa shape index (κ1) is 74.0. The number of hydrogen-bond donors (Lipinski definition) is 12. The molecular formula is C66H83ClN14O14S. The van der Waals surface area contributed by atoms with Gasteiger partial charge >= 0.3 is 5.17 Å². The van der Waals surface area contributed by atoms with E-state index in [-0.39, 0.29) is 91.4 Å². The van der Waals surface area contributed by atoms with Crippen molar-refractivity contribution in [1.29, 1.82) is 0 Å². The number of amides is 8. The van der Waals surface area contributed by atoms with E-state index in [0.717, 1.165) is 0 Å². The Labute approximate surface area is 563 Å². The Morgan fingerprint density at radius 2 is 1.34 bits per heavy atom. The average Bonchev–Trinajstić information content (AvgIpc) is 0.880. The normalized spacial score (nSPS) is 20.5. The largest absolute Gasteiger partial charge is 0.609 e. The summed E-state index contributed by atoms with van der Waals surface area (Å²) >= 11 is 4.89. The van der Waals surface area contributed by atoms with Crippen LogP contribution in [0.4, 0.5) is 11.5 Å². The maximum atomic E-state index is 14.6. The number of aliphatic imine (C=N–C) groups is 1. The SMILES string of the molecule is CCC[C@@H]1NC(=O)[C@H](CC(C)C)NC(=O)[C@@H](Cc2ccccc2)NC(=O)[C@H](CCN)NC(=O)[C@@H](NC(=O)c2ccc(C[S+]([O-])/C(=N\c3cc(C)on3)Nc3ccc(Oc4ccnc5cc(OC)c(OC)cc45)cc3Cl)cc2)CCNC(=O)[C@H]([C@@H](C)O)NC(=O)[C@H](CCN)NC1=O. The number of carbonyl (C=O) groups is 8. The minimum atomic E-state index is -1.95. The van der Waals surface area contributed by atoms with E-state index in [0.29, 0.717) is 62.9 Å². The van der Waals surface area contributed by atoms with Crippen LogP contribution in [0, 0.1) is 12.8 Å². The number of methoxy groups -OCH3 is 2. The van der Waals surface area contributed by atoms with E-state index in [4.69, 9.17) is 41.8 Å². The summed E-state index contributed by atoms with van der Waals surface area (Å²) in [5.74, 6) is -4.60. The number of anilines is 1. The van der Waals surface area contributed by atoms with Crippen molar-refractivity contribution >= 4 is 97.6 Å². The Kier molecular flexibility index (Phi) is 27.7. The van der Waals surface area contributed by atoms with Crippen molar-refractivity contribution in [2.24, 2.45) is 22.4 Å². The number of amidine groups is 1. The lowest BCUT2D eigenvalue weighted by Gasteiger charge is -2.28. The van der Waals surface area contributed by atoms with E-state index >= 15 is 0 Å². The molecule has 96 heavy (non-hydrogen) atoms. The quantitative estimate of drug-likeness (QED) is 0.0277. The van der Waals surface area contributed by atoms with E-state index < -0.39 is 107 Å². The van der Waals surface area contributed by atoms with E-state index in [9.17, 15) is 48.0 Å². The zero-order valence-corrected chi connectivity index (χ0v) is 55.9. The average molecular weight is 1360 g/mol. The molecule has 4 aromatic carbocycles. The molecule has 1 saturated heterocycles. The lowest BCUT2D eigenvalue weighted by Crippen LogP contribution is -2.61. The van der Waals surface area contributed by atoms with Gasteiger partial charge in [-0.15, -0.1) is 0 Å². The molecule has 1 unspecified atom stereocenters. The number of rotatable bonds is 21. The number of nitrogens with zero attached hydrogens (tertiary/aromatic N) is 3. The third-order valence-electron chi connectivity index (χ3n) is 15.2. The molecule has 0 radical (unpaired) electrons. The summed E-state index contributed by atoms with van der Waals surface area (Å²) in [7, 11) is 3.04. The Hall–Kier alpha value is -9.39. The molecule has 9 atom stereocenters. The minimum Gasteiger partial charge on any atom is -0.609 e. The van der Waals surface area contributed by atoms with E-state index in [1.165, 1.54) is 45.4 Å². The van der Waals surface area contributed by atoms with E-state index in [1.54, 1.807) is 92.8 Å². The molecule has 14 N–H and O–H groups in total. The molecule has 30 heteroatoms. The van der Waals surface area contributed by atoms with Gasteiger partial charge in [-0.3, -0.25) is 48.7 Å². The summed E-state index contributed by atoms with van der Waals surface area (Å²) in [6, 6.07) is 16.5. The van der Waals surface area contributed by atoms with Gasteiger partial charge in [0.1, 0.15) is 65.3 Å². The lowest BCUT2D eigenvalue weighted by molar-refractivity contribution is -0.136. The van der Waals surface area contributed by atoms with Crippen LogP contribution in [0.2, 0.25) is 5.02 Å². The van der Waals surface area contributed by atoms with Crippen molar-refractivity contribution in [3.05, 3.63) is 131 Å². The zero-order valence-electron chi connectivity index (χ0n) is 54.3. The van der Waals surface area contributed by atoms with Gasteiger partial charge in [-0.2, -0.15) is 4.99 Å². The molecule has 0 spiro atoms. The topological polar surface area (TPSA) is 419 Å². The van der Waals surface area contributed by atoms with Crippen LogP contribution in [0.3, 0.4) is 0 Å². The van der Waals surface area contributed by atoms with Gasteiger partial charge in [-0.05, 0) is 107 Å². The molecule has 1 aliphatic heterocycles. The minimum absolute atomic E-state index is 0.0284. The molecule has 1 aliphatic rings. The van der Waals surface area contributed by atoms with Crippen LogP contribution in [0.1, 0.15) is 93.5 Å². The number of nitrogens with two attached hydrogens (primary N) is 2. The number of halogens is 1. The van der Waals surface area contributed by atoms with Gasteiger partial charge in [0.05, 0.1) is 36.6 Å². The Bertz CT molecular complexity index is 3710. The standard InChI is InChI=1S/C66H83ClN14O14S/c1-8-12-46-59(84)75-48(22-26-69)62(87)80-57(38(5)82)65(90)71-27-23-49(61(86)74-47(21-25-68)60(85)77-52(31-39-13-10-9-11-14-39)64(89)76-51(29-36(2)3)63(88)73-46)72-58(83)41-17-15-40(16-18-41)35-96(91)66(79-56-30-37(4)95-81-56)78-45-20-19-42(32-44(45)67)94-53-24-28-70-50-34-55(93-7)54(92-6)33-43(50)53/h9-11,13-20,24,28,30,32-34,36,38,46-49,51-52,57,82H,8,12,21-23,25-27,29,31,35,68-69H2,1-7H3,(H,71,90)(H,72,83)(H,73,88)(H,74,86)(H,75,84)(H,76,89)(H,77,85)(H,80,87)(H,78,79,81)/t38-,46+,47+,48+,49+,51+,52-,57+,96?/m1/s1. The molecule has 0 bridgehead atoms. The first-order valence-corrected chi connectivity index (χ1v) is 33.0. The number of benzene rings is 4. The van der Waals surface area contributed by atoms with Gasteiger partial charge in [-0.25, -0.2) is 0 Å². The molecule has 2 aromatic heterocycles. The van der Waals surface area contributed by atoms with E-state index in [2.05, 4.69) is 63.0 Å². The molecule has 0 saturated carbocycles. The Balaban J connectivity index is 1.14. The highest BCUT2D eigenvalue weighted by Crippen LogP contribution is 2.38. The molecule has 3 heterocycles. The number of aryl methyl sites for hydroxylation is 1. The fourth-order valence-corrected chi connectivity index (χ4v) is 11.5. The summed E-state index contributed by atoms with van der Waals surface area (Å²) in [4.78, 5) is 123.